The number of esters is 1. The molecule has 102 valence electrons. The van der Waals surface area contributed by atoms with Crippen molar-refractivity contribution in [2.45, 2.75) is 24.4 Å². The van der Waals surface area contributed by atoms with Gasteiger partial charge < -0.3 is 4.74 Å². The Morgan fingerprint density at radius 1 is 1.47 bits per heavy atom. The Hall–Kier alpha value is -1.68. The lowest BCUT2D eigenvalue weighted by molar-refractivity contribution is -0.143. The van der Waals surface area contributed by atoms with Gasteiger partial charge in [0.25, 0.3) is 0 Å². The largest absolute Gasteiger partial charge is 0.466 e. The fraction of sp³-hybridized carbons (Fsp3) is 0.333. The molecule has 0 N–H and O–H groups in total. The van der Waals surface area contributed by atoms with Crippen LogP contribution in [0.3, 0.4) is 0 Å². The highest BCUT2D eigenvalue weighted by atomic mass is 32.1. The average Bonchev–Trinajstić information content (AvgIpc) is 2.30. The monoisotopic (exact) mass is 289 g/mol. The lowest BCUT2D eigenvalue weighted by atomic mass is 10.0. The quantitative estimate of drug-likeness (QED) is 0.687. The van der Waals surface area contributed by atoms with Crippen LogP contribution in [0, 0.1) is 11.3 Å². The second-order valence-corrected chi connectivity index (χ2v) is 4.09. The Morgan fingerprint density at radius 3 is 2.58 bits per heavy atom. The van der Waals surface area contributed by atoms with Crippen LogP contribution in [0.4, 0.5) is 13.2 Å². The molecule has 0 saturated carbocycles. The minimum Gasteiger partial charge on any atom is -0.466 e. The second kappa shape index (κ2) is 5.97. The standard InChI is InChI=1S/C12H10F3NO2S/c1-2-18-11(17)5-8-9(12(13,14)15)3-7(6-16)4-10(8)19/h3-4,19H,2,5H2,1H3. The smallest absolute Gasteiger partial charge is 0.416 e. The molecule has 0 atom stereocenters. The van der Waals surface area contributed by atoms with E-state index in [0.717, 1.165) is 0 Å². The molecule has 0 aliphatic carbocycles. The van der Waals surface area contributed by atoms with Crippen LogP contribution in [-0.4, -0.2) is 12.6 Å². The molecule has 19 heavy (non-hydrogen) atoms. The summed E-state index contributed by atoms with van der Waals surface area (Å²) in [6.07, 6.45) is -5.20. The van der Waals surface area contributed by atoms with Crippen LogP contribution in [0.15, 0.2) is 17.0 Å². The predicted molar refractivity (Wildman–Crippen MR) is 63.7 cm³/mol. The molecule has 1 rings (SSSR count). The highest BCUT2D eigenvalue weighted by Crippen LogP contribution is 2.35. The Kier molecular flexibility index (Phi) is 4.84. The molecule has 1 aromatic carbocycles. The Labute approximate surface area is 113 Å². The van der Waals surface area contributed by atoms with Gasteiger partial charge in [0.1, 0.15) is 0 Å². The Balaban J connectivity index is 3.29. The highest BCUT2D eigenvalue weighted by Gasteiger charge is 2.35. The molecule has 0 bridgehead atoms. The first-order valence-electron chi connectivity index (χ1n) is 5.28. The zero-order valence-electron chi connectivity index (χ0n) is 9.91. The third kappa shape index (κ3) is 3.89. The van der Waals surface area contributed by atoms with Gasteiger partial charge in [-0.1, -0.05) is 0 Å². The van der Waals surface area contributed by atoms with Gasteiger partial charge in [0, 0.05) is 4.90 Å². The zero-order valence-corrected chi connectivity index (χ0v) is 10.8. The lowest BCUT2D eigenvalue weighted by Crippen LogP contribution is -2.15. The first-order chi connectivity index (χ1) is 8.79. The summed E-state index contributed by atoms with van der Waals surface area (Å²) in [7, 11) is 0. The number of carbonyl (C=O) groups excluding carboxylic acids is 1. The summed E-state index contributed by atoms with van der Waals surface area (Å²) in [4.78, 5) is 11.3. The van der Waals surface area contributed by atoms with E-state index in [1.165, 1.54) is 6.07 Å². The number of benzene rings is 1. The molecular formula is C12H10F3NO2S. The van der Waals surface area contributed by atoms with Gasteiger partial charge in [-0.05, 0) is 24.6 Å². The van der Waals surface area contributed by atoms with Crippen molar-refractivity contribution in [3.05, 3.63) is 28.8 Å². The Bertz CT molecular complexity index is 535. The number of halogens is 3. The summed E-state index contributed by atoms with van der Waals surface area (Å²) < 4.78 is 43.3. The average molecular weight is 289 g/mol. The maximum atomic E-state index is 12.9. The van der Waals surface area contributed by atoms with Crippen molar-refractivity contribution in [2.75, 3.05) is 6.61 Å². The van der Waals surface area contributed by atoms with Crippen molar-refractivity contribution in [1.29, 1.82) is 5.26 Å². The number of hydrogen-bond donors (Lipinski definition) is 1. The van der Waals surface area contributed by atoms with E-state index in [4.69, 9.17) is 5.26 Å². The van der Waals surface area contributed by atoms with Crippen LogP contribution in [0.2, 0.25) is 0 Å². The number of carbonyl (C=O) groups is 1. The fourth-order valence-electron chi connectivity index (χ4n) is 1.52. The summed E-state index contributed by atoms with van der Waals surface area (Å²) in [6.45, 7) is 1.64. The van der Waals surface area contributed by atoms with Gasteiger partial charge in [-0.3, -0.25) is 4.79 Å². The summed E-state index contributed by atoms with van der Waals surface area (Å²) in [5, 5.41) is 8.67. The van der Waals surface area contributed by atoms with E-state index in [2.05, 4.69) is 17.4 Å². The number of nitrogens with zero attached hydrogens (tertiary/aromatic N) is 1. The van der Waals surface area contributed by atoms with Crippen LogP contribution >= 0.6 is 12.6 Å². The van der Waals surface area contributed by atoms with Crippen molar-refractivity contribution in [3.63, 3.8) is 0 Å². The molecule has 3 nitrogen and oxygen atoms in total. The summed E-state index contributed by atoms with van der Waals surface area (Å²) in [6, 6.07) is 3.51. The zero-order chi connectivity index (χ0) is 14.6. The van der Waals surface area contributed by atoms with Gasteiger partial charge >= 0.3 is 12.1 Å². The van der Waals surface area contributed by atoms with Crippen LogP contribution in [0.25, 0.3) is 0 Å². The van der Waals surface area contributed by atoms with Crippen LogP contribution in [0.5, 0.6) is 0 Å². The molecule has 0 fully saturated rings. The maximum Gasteiger partial charge on any atom is 0.416 e. The molecule has 1 aromatic rings. The molecule has 0 aliphatic heterocycles. The third-order valence-electron chi connectivity index (χ3n) is 2.29. The van der Waals surface area contributed by atoms with E-state index >= 15 is 0 Å². The number of nitriles is 1. The van der Waals surface area contributed by atoms with E-state index in [9.17, 15) is 18.0 Å². The first kappa shape index (κ1) is 15.4. The number of ether oxygens (including phenoxy) is 1. The summed E-state index contributed by atoms with van der Waals surface area (Å²) >= 11 is 3.91. The SMILES string of the molecule is CCOC(=O)Cc1c(S)cc(C#N)cc1C(F)(F)F. The van der Waals surface area contributed by atoms with Crippen LogP contribution in [0.1, 0.15) is 23.6 Å². The van der Waals surface area contributed by atoms with Crippen molar-refractivity contribution in [1.82, 2.24) is 0 Å². The number of hydrogen-bond acceptors (Lipinski definition) is 4. The second-order valence-electron chi connectivity index (χ2n) is 3.61. The minimum atomic E-state index is -4.66. The van der Waals surface area contributed by atoms with Crippen molar-refractivity contribution in [3.8, 4) is 6.07 Å². The van der Waals surface area contributed by atoms with Gasteiger partial charge in [-0.25, -0.2) is 0 Å². The molecule has 0 aliphatic rings. The van der Waals surface area contributed by atoms with E-state index in [1.54, 1.807) is 13.0 Å². The number of thiol groups is 1. The fourth-order valence-corrected chi connectivity index (χ4v) is 1.85. The van der Waals surface area contributed by atoms with Crippen LogP contribution in [-0.2, 0) is 22.1 Å². The molecule has 0 saturated heterocycles. The van der Waals surface area contributed by atoms with E-state index in [1.807, 2.05) is 0 Å². The molecule has 0 aromatic heterocycles. The molecule has 0 unspecified atom stereocenters. The minimum absolute atomic E-state index is 0.0561. The van der Waals surface area contributed by atoms with Crippen LogP contribution < -0.4 is 0 Å². The van der Waals surface area contributed by atoms with Gasteiger partial charge in [0.2, 0.25) is 0 Å². The topological polar surface area (TPSA) is 50.1 Å². The van der Waals surface area contributed by atoms with Crippen molar-refractivity contribution < 1.29 is 22.7 Å². The third-order valence-corrected chi connectivity index (χ3v) is 2.69. The van der Waals surface area contributed by atoms with E-state index in [0.29, 0.717) is 6.07 Å². The van der Waals surface area contributed by atoms with Gasteiger partial charge in [-0.15, -0.1) is 12.6 Å². The molecule has 7 heteroatoms. The summed E-state index contributed by atoms with van der Waals surface area (Å²) in [5.41, 5.74) is -1.48. The number of rotatable bonds is 3. The van der Waals surface area contributed by atoms with Gasteiger partial charge in [-0.2, -0.15) is 18.4 Å². The molecule has 0 spiro atoms. The van der Waals surface area contributed by atoms with Gasteiger partial charge in [0.05, 0.1) is 30.2 Å². The van der Waals surface area contributed by atoms with E-state index < -0.39 is 24.1 Å². The number of alkyl halides is 3. The maximum absolute atomic E-state index is 12.9. The lowest BCUT2D eigenvalue weighted by Gasteiger charge is -2.15. The molecular weight excluding hydrogens is 279 g/mol. The van der Waals surface area contributed by atoms with Gasteiger partial charge in [0.15, 0.2) is 0 Å². The normalized spacial score (nSPS) is 10.9. The van der Waals surface area contributed by atoms with E-state index in [-0.39, 0.29) is 22.6 Å². The van der Waals surface area contributed by atoms with Crippen molar-refractivity contribution >= 4 is 18.6 Å². The highest BCUT2D eigenvalue weighted by molar-refractivity contribution is 7.80. The molecule has 0 heterocycles. The first-order valence-corrected chi connectivity index (χ1v) is 5.73. The Morgan fingerprint density at radius 2 is 2.11 bits per heavy atom. The van der Waals surface area contributed by atoms with Crippen molar-refractivity contribution in [2.24, 2.45) is 0 Å². The summed E-state index contributed by atoms with van der Waals surface area (Å²) in [5.74, 6) is -0.770. The molecule has 0 radical (unpaired) electrons. The predicted octanol–water partition coefficient (Wildman–Crippen LogP) is 2.97. The molecule has 0 amide bonds.